The van der Waals surface area contributed by atoms with Crippen molar-refractivity contribution in [3.05, 3.63) is 93.0 Å². The highest BCUT2D eigenvalue weighted by atomic mass is 35.5. The Kier molecular flexibility index (Phi) is 9.95. The summed E-state index contributed by atoms with van der Waals surface area (Å²) in [5.74, 6) is 0.232. The quantitative estimate of drug-likeness (QED) is 0.125. The fourth-order valence-corrected chi connectivity index (χ4v) is 7.11. The van der Waals surface area contributed by atoms with Gasteiger partial charge in [0.05, 0.1) is 33.4 Å². The second kappa shape index (κ2) is 14.0. The van der Waals surface area contributed by atoms with Crippen LogP contribution in [0.4, 0.5) is 23.4 Å². The van der Waals surface area contributed by atoms with E-state index in [1.807, 2.05) is 0 Å². The molecule has 1 aliphatic rings. The van der Waals surface area contributed by atoms with Crippen LogP contribution in [0.25, 0.3) is 22.0 Å². The van der Waals surface area contributed by atoms with Gasteiger partial charge in [-0.2, -0.15) is 19.0 Å². The summed E-state index contributed by atoms with van der Waals surface area (Å²) >= 11 is 6.64. The van der Waals surface area contributed by atoms with E-state index in [4.69, 9.17) is 16.6 Å². The minimum absolute atomic E-state index is 0.129. The molecule has 0 saturated carbocycles. The normalized spacial score (nSPS) is 14.8. The molecule has 2 aromatic carbocycles. The largest absolute Gasteiger partial charge is 0.378 e. The molecule has 2 unspecified atom stereocenters. The fourth-order valence-electron chi connectivity index (χ4n) is 6.46. The van der Waals surface area contributed by atoms with Crippen LogP contribution in [0.5, 0.6) is 0 Å². The van der Waals surface area contributed by atoms with Gasteiger partial charge in [0.2, 0.25) is 5.91 Å². The number of alkyl halides is 2. The number of rotatable bonds is 9. The first kappa shape index (κ1) is 37.0. The number of halogens is 5. The molecule has 0 aliphatic heterocycles. The zero-order chi connectivity index (χ0) is 37.7. The van der Waals surface area contributed by atoms with Crippen molar-refractivity contribution in [3.63, 3.8) is 0 Å². The number of nitrogens with one attached hydrogen (secondary N) is 2. The zero-order valence-corrected chi connectivity index (χ0v) is 30.3. The van der Waals surface area contributed by atoms with Crippen molar-refractivity contribution in [2.24, 2.45) is 7.05 Å². The Morgan fingerprint density at radius 1 is 1.13 bits per heavy atom. The van der Waals surface area contributed by atoms with Crippen LogP contribution >= 0.6 is 11.6 Å². The van der Waals surface area contributed by atoms with Crippen molar-refractivity contribution in [1.82, 2.24) is 29.9 Å². The van der Waals surface area contributed by atoms with E-state index in [0.29, 0.717) is 38.3 Å². The zero-order valence-electron chi connectivity index (χ0n) is 28.7. The summed E-state index contributed by atoms with van der Waals surface area (Å²) in [4.78, 5) is 18.6. The molecule has 0 fully saturated rings. The molecule has 0 saturated heterocycles. The Morgan fingerprint density at radius 2 is 1.83 bits per heavy atom. The molecule has 5 aromatic rings. The Morgan fingerprint density at radius 3 is 2.50 bits per heavy atom. The predicted molar refractivity (Wildman–Crippen MR) is 190 cm³/mol. The summed E-state index contributed by atoms with van der Waals surface area (Å²) in [6.07, 6.45) is 0.997. The monoisotopic (exact) mass is 755 g/mol. The Bertz CT molecular complexity index is 2300. The number of fused-ring (bicyclic) bond motifs is 2. The molecular weight excluding hydrogens is 722 g/mol. The van der Waals surface area contributed by atoms with Crippen molar-refractivity contribution in [2.75, 3.05) is 11.0 Å². The molecule has 16 heteroatoms. The number of carbonyl (C=O) groups excluding carboxylic acids is 1. The molecule has 0 bridgehead atoms. The average Bonchev–Trinajstić information content (AvgIpc) is 3.65. The number of amides is 1. The van der Waals surface area contributed by atoms with Gasteiger partial charge in [-0.1, -0.05) is 23.6 Å². The molecule has 1 aliphatic carbocycles. The maximum atomic E-state index is 14.9. The van der Waals surface area contributed by atoms with E-state index < -0.39 is 59.1 Å². The second-order valence-electron chi connectivity index (χ2n) is 13.2. The second-order valence-corrected chi connectivity index (χ2v) is 14.7. The molecule has 272 valence electrons. The van der Waals surface area contributed by atoms with Crippen molar-refractivity contribution >= 4 is 45.2 Å². The Balaban J connectivity index is 1.53. The molecule has 0 radical (unpaired) electrons. The smallest absolute Gasteiger partial charge is 0.290 e. The third-order valence-electron chi connectivity index (χ3n) is 8.50. The van der Waals surface area contributed by atoms with Gasteiger partial charge in [0.1, 0.15) is 46.2 Å². The van der Waals surface area contributed by atoms with Crippen LogP contribution < -0.4 is 10.0 Å². The molecule has 3 aromatic heterocycles. The van der Waals surface area contributed by atoms with Gasteiger partial charge in [0, 0.05) is 42.5 Å². The van der Waals surface area contributed by atoms with E-state index in [0.717, 1.165) is 22.9 Å². The van der Waals surface area contributed by atoms with Crippen molar-refractivity contribution in [1.29, 1.82) is 0 Å². The molecule has 2 atom stereocenters. The number of aryl methyl sites for hydroxylation is 2. The summed E-state index contributed by atoms with van der Waals surface area (Å²) < 4.78 is 76.2. The summed E-state index contributed by atoms with van der Waals surface area (Å²) in [5.41, 5.74) is 1.14. The van der Waals surface area contributed by atoms with Gasteiger partial charge < -0.3 is 10.4 Å². The number of anilines is 1. The van der Waals surface area contributed by atoms with Crippen LogP contribution in [0.1, 0.15) is 60.2 Å². The first-order valence-electron chi connectivity index (χ1n) is 16.1. The highest BCUT2D eigenvalue weighted by Gasteiger charge is 2.44. The standard InChI is InChI=1S/C36H34ClF4N7O3S/c1-19-24-11-13-36(40,41)33(24)48(44-19)18-29(49)43-28(16-20-14-21(38)17-22(39)15-20)31-25(7-6-23(42-31)10-12-35(2,3)50)26-8-9-27(37)30-32(26)47(4)45-34(30)46-52(5)51/h6-9,14-15,17,28,50H,11,13,16,18H2,1-5H3,(H,43,49)(H,45,46). The molecule has 6 rings (SSSR count). The molecule has 52 heavy (non-hydrogen) atoms. The van der Waals surface area contributed by atoms with Gasteiger partial charge in [-0.3, -0.25) is 18.9 Å². The van der Waals surface area contributed by atoms with E-state index >= 15 is 0 Å². The van der Waals surface area contributed by atoms with Gasteiger partial charge in [-0.25, -0.2) is 18.0 Å². The minimum atomic E-state index is -3.17. The van der Waals surface area contributed by atoms with Crippen molar-refractivity contribution in [2.45, 2.75) is 64.1 Å². The molecule has 10 nitrogen and oxygen atoms in total. The van der Waals surface area contributed by atoms with Gasteiger partial charge in [0.15, 0.2) is 5.82 Å². The molecule has 3 N–H and O–H groups in total. The van der Waals surface area contributed by atoms with Gasteiger partial charge >= 0.3 is 0 Å². The van der Waals surface area contributed by atoms with Crippen molar-refractivity contribution < 1.29 is 31.7 Å². The van der Waals surface area contributed by atoms with Gasteiger partial charge in [-0.15, -0.1) is 0 Å². The first-order valence-corrected chi connectivity index (χ1v) is 18.0. The van der Waals surface area contributed by atoms with E-state index in [1.165, 1.54) is 24.8 Å². The van der Waals surface area contributed by atoms with Crippen LogP contribution in [0.3, 0.4) is 0 Å². The minimum Gasteiger partial charge on any atom is -0.378 e. The lowest BCUT2D eigenvalue weighted by Crippen LogP contribution is -2.35. The van der Waals surface area contributed by atoms with E-state index in [2.05, 4.69) is 32.1 Å². The van der Waals surface area contributed by atoms with E-state index in [1.54, 1.807) is 38.2 Å². The number of benzene rings is 2. The van der Waals surface area contributed by atoms with Crippen LogP contribution in [0.15, 0.2) is 42.5 Å². The van der Waals surface area contributed by atoms with E-state index in [9.17, 15) is 31.7 Å². The highest BCUT2D eigenvalue weighted by molar-refractivity contribution is 7.85. The number of pyridine rings is 1. The van der Waals surface area contributed by atoms with E-state index in [-0.39, 0.29) is 41.3 Å². The number of carbonyl (C=O) groups is 1. The molecule has 1 amide bonds. The molecular formula is C36H34ClF4N7O3S. The van der Waals surface area contributed by atoms with Gasteiger partial charge in [0.25, 0.3) is 5.92 Å². The molecule has 0 spiro atoms. The maximum absolute atomic E-state index is 14.9. The Labute approximate surface area is 304 Å². The number of hydrogen-bond donors (Lipinski definition) is 3. The van der Waals surface area contributed by atoms with Crippen molar-refractivity contribution in [3.8, 4) is 23.0 Å². The Hall–Kier alpha value is -4.78. The number of hydrogen-bond acceptors (Lipinski definition) is 6. The number of nitrogens with zero attached hydrogens (tertiary/aromatic N) is 5. The predicted octanol–water partition coefficient (Wildman–Crippen LogP) is 6.04. The van der Waals surface area contributed by atoms with Crippen LogP contribution in [-0.4, -0.2) is 51.6 Å². The van der Waals surface area contributed by atoms with Crippen LogP contribution in [-0.2, 0) is 48.1 Å². The van der Waals surface area contributed by atoms with Crippen LogP contribution in [0, 0.1) is 30.4 Å². The SMILES string of the molecule is Cc1nn(CC(=O)NC(Cc2cc(F)cc(F)c2)c2nc(C#CC(C)(C)O)ccc2-c2ccc(Cl)c3c(NS(C)=O)nn(C)c23)c2c1CCC2(F)F. The van der Waals surface area contributed by atoms with Gasteiger partial charge in [-0.05, 0) is 75.4 Å². The lowest BCUT2D eigenvalue weighted by atomic mass is 9.93. The third-order valence-corrected chi connectivity index (χ3v) is 9.29. The highest BCUT2D eigenvalue weighted by Crippen LogP contribution is 2.43. The lowest BCUT2D eigenvalue weighted by molar-refractivity contribution is -0.122. The average molecular weight is 756 g/mol. The summed E-state index contributed by atoms with van der Waals surface area (Å²) in [6, 6.07) is 8.46. The number of aromatic nitrogens is 5. The fraction of sp³-hybridized carbons (Fsp3) is 0.333. The maximum Gasteiger partial charge on any atom is 0.290 e. The molecule has 3 heterocycles. The lowest BCUT2D eigenvalue weighted by Gasteiger charge is -2.23. The topological polar surface area (TPSA) is 127 Å². The number of aliphatic hydroxyl groups is 1. The van der Waals surface area contributed by atoms with Crippen LogP contribution in [0.2, 0.25) is 5.02 Å². The summed E-state index contributed by atoms with van der Waals surface area (Å²) in [5, 5.41) is 22.6. The summed E-state index contributed by atoms with van der Waals surface area (Å²) in [6.45, 7) is 4.03. The summed E-state index contributed by atoms with van der Waals surface area (Å²) in [7, 11) is 0.171. The first-order chi connectivity index (χ1) is 24.4. The third kappa shape index (κ3) is 7.69.